The van der Waals surface area contributed by atoms with Gasteiger partial charge in [0.05, 0.1) is 33.9 Å². The first-order valence-corrected chi connectivity index (χ1v) is 15.1. The van der Waals surface area contributed by atoms with Crippen LogP contribution in [0.2, 0.25) is 0 Å². The Kier molecular flexibility index (Phi) is 9.65. The lowest BCUT2D eigenvalue weighted by atomic mass is 9.66. The summed E-state index contributed by atoms with van der Waals surface area (Å²) in [6, 6.07) is 7.50. The molecule has 228 valence electrons. The second-order valence-corrected chi connectivity index (χ2v) is 11.2. The number of fused-ring (bicyclic) bond motifs is 3. The summed E-state index contributed by atoms with van der Waals surface area (Å²) >= 11 is 0. The van der Waals surface area contributed by atoms with Gasteiger partial charge in [-0.1, -0.05) is 51.9 Å². The molecule has 2 heterocycles. The SMILES string of the molecule is CCCCCCCCCCC(=O)O[C@H]1c2cc3c(cc2[C@@H](c2cc(OC)c(OC)c(OC)c2)[C@@H]2C(=O)OC[C@@H]21)OCO3. The Balaban J connectivity index is 1.43. The fourth-order valence-corrected chi connectivity index (χ4v) is 6.55. The number of benzene rings is 2. The van der Waals surface area contributed by atoms with Crippen LogP contribution >= 0.6 is 0 Å². The lowest BCUT2D eigenvalue weighted by Crippen LogP contribution is -2.36. The number of hydrogen-bond donors (Lipinski definition) is 0. The molecular formula is C33H42O9. The van der Waals surface area contributed by atoms with Gasteiger partial charge >= 0.3 is 11.9 Å². The van der Waals surface area contributed by atoms with Crippen LogP contribution in [0, 0.1) is 11.8 Å². The van der Waals surface area contributed by atoms with Gasteiger partial charge in [-0.25, -0.2) is 0 Å². The van der Waals surface area contributed by atoms with E-state index in [-0.39, 0.29) is 31.3 Å². The highest BCUT2D eigenvalue weighted by Crippen LogP contribution is 2.56. The minimum absolute atomic E-state index is 0.102. The molecule has 2 aromatic rings. The molecule has 3 aliphatic rings. The molecule has 0 radical (unpaired) electrons. The molecule has 1 aliphatic carbocycles. The van der Waals surface area contributed by atoms with Crippen LogP contribution in [0.1, 0.15) is 93.4 Å². The molecule has 5 rings (SSSR count). The smallest absolute Gasteiger partial charge is 0.310 e. The van der Waals surface area contributed by atoms with Crippen LogP contribution in [-0.4, -0.2) is 46.7 Å². The van der Waals surface area contributed by atoms with Crippen molar-refractivity contribution < 1.29 is 42.7 Å². The second-order valence-electron chi connectivity index (χ2n) is 11.2. The van der Waals surface area contributed by atoms with Crippen molar-refractivity contribution in [1.29, 1.82) is 0 Å². The van der Waals surface area contributed by atoms with Gasteiger partial charge in [0.25, 0.3) is 0 Å². The maximum atomic E-state index is 13.3. The predicted octanol–water partition coefficient (Wildman–Crippen LogP) is 6.49. The minimum Gasteiger partial charge on any atom is -0.493 e. The zero-order valence-electron chi connectivity index (χ0n) is 25.1. The third-order valence-electron chi connectivity index (χ3n) is 8.66. The Morgan fingerprint density at radius 1 is 0.810 bits per heavy atom. The van der Waals surface area contributed by atoms with Gasteiger partial charge in [0.2, 0.25) is 12.5 Å². The fraction of sp³-hybridized carbons (Fsp3) is 0.576. The second kappa shape index (κ2) is 13.6. The maximum Gasteiger partial charge on any atom is 0.310 e. The average molecular weight is 583 g/mol. The Labute approximate surface area is 247 Å². The highest BCUT2D eigenvalue weighted by molar-refractivity contribution is 5.79. The number of ether oxygens (including phenoxy) is 7. The Hall–Kier alpha value is -3.62. The third kappa shape index (κ3) is 5.96. The Morgan fingerprint density at radius 2 is 1.43 bits per heavy atom. The van der Waals surface area contributed by atoms with E-state index in [1.165, 1.54) is 32.1 Å². The maximum absolute atomic E-state index is 13.3. The number of rotatable bonds is 14. The van der Waals surface area contributed by atoms with Crippen LogP contribution < -0.4 is 23.7 Å². The van der Waals surface area contributed by atoms with Gasteiger partial charge in [-0.05, 0) is 41.8 Å². The van der Waals surface area contributed by atoms with Gasteiger partial charge in [-0.15, -0.1) is 0 Å². The van der Waals surface area contributed by atoms with Gasteiger partial charge in [0.1, 0.15) is 6.10 Å². The van der Waals surface area contributed by atoms with Crippen molar-refractivity contribution in [2.75, 3.05) is 34.7 Å². The molecule has 2 aliphatic heterocycles. The molecule has 9 nitrogen and oxygen atoms in total. The van der Waals surface area contributed by atoms with Crippen LogP contribution in [0.15, 0.2) is 24.3 Å². The largest absolute Gasteiger partial charge is 0.493 e. The molecule has 0 bridgehead atoms. The van der Waals surface area contributed by atoms with Crippen LogP contribution in [0.25, 0.3) is 0 Å². The number of unbranched alkanes of at least 4 members (excludes halogenated alkanes) is 7. The van der Waals surface area contributed by atoms with Crippen LogP contribution in [0.3, 0.4) is 0 Å². The van der Waals surface area contributed by atoms with E-state index < -0.39 is 17.9 Å². The van der Waals surface area contributed by atoms with E-state index in [0.717, 1.165) is 36.0 Å². The Bertz CT molecular complexity index is 1250. The summed E-state index contributed by atoms with van der Waals surface area (Å²) in [5.41, 5.74) is 2.41. The molecule has 0 spiro atoms. The lowest BCUT2D eigenvalue weighted by Gasteiger charge is -2.38. The quantitative estimate of drug-likeness (QED) is 0.183. The summed E-state index contributed by atoms with van der Waals surface area (Å²) in [4.78, 5) is 26.5. The van der Waals surface area contributed by atoms with Crippen LogP contribution in [0.4, 0.5) is 0 Å². The molecule has 9 heteroatoms. The number of hydrogen-bond acceptors (Lipinski definition) is 9. The first-order valence-electron chi connectivity index (χ1n) is 15.1. The number of esters is 2. The molecular weight excluding hydrogens is 540 g/mol. The highest BCUT2D eigenvalue weighted by atomic mass is 16.7. The van der Waals surface area contributed by atoms with E-state index in [0.29, 0.717) is 35.2 Å². The minimum atomic E-state index is -0.647. The third-order valence-corrected chi connectivity index (χ3v) is 8.66. The van der Waals surface area contributed by atoms with Crippen molar-refractivity contribution in [2.24, 2.45) is 11.8 Å². The number of carbonyl (C=O) groups is 2. The van der Waals surface area contributed by atoms with E-state index >= 15 is 0 Å². The van der Waals surface area contributed by atoms with Crippen LogP contribution in [-0.2, 0) is 19.1 Å². The van der Waals surface area contributed by atoms with Gasteiger partial charge < -0.3 is 33.2 Å². The lowest BCUT2D eigenvalue weighted by molar-refractivity contribution is -0.154. The van der Waals surface area contributed by atoms with Crippen molar-refractivity contribution in [2.45, 2.75) is 76.7 Å². The van der Waals surface area contributed by atoms with E-state index in [9.17, 15) is 9.59 Å². The van der Waals surface area contributed by atoms with E-state index in [4.69, 9.17) is 33.2 Å². The van der Waals surface area contributed by atoms with E-state index in [1.54, 1.807) is 21.3 Å². The van der Waals surface area contributed by atoms with Crippen molar-refractivity contribution in [3.05, 3.63) is 41.0 Å². The van der Waals surface area contributed by atoms with Crippen molar-refractivity contribution >= 4 is 11.9 Å². The topological polar surface area (TPSA) is 98.8 Å². The fourth-order valence-electron chi connectivity index (χ4n) is 6.55. The number of cyclic esters (lactones) is 1. The van der Waals surface area contributed by atoms with E-state index in [2.05, 4.69) is 6.92 Å². The summed E-state index contributed by atoms with van der Waals surface area (Å²) in [5.74, 6) is 0.635. The molecule has 42 heavy (non-hydrogen) atoms. The molecule has 0 saturated carbocycles. The van der Waals surface area contributed by atoms with Crippen molar-refractivity contribution in [3.8, 4) is 28.7 Å². The summed E-state index contributed by atoms with van der Waals surface area (Å²) < 4.78 is 40.0. The molecule has 2 aromatic carbocycles. The average Bonchev–Trinajstić information content (AvgIpc) is 3.63. The molecule has 1 fully saturated rings. The van der Waals surface area contributed by atoms with Crippen molar-refractivity contribution in [1.82, 2.24) is 0 Å². The summed E-state index contributed by atoms with van der Waals surface area (Å²) in [6.45, 7) is 2.48. The Morgan fingerprint density at radius 3 is 2.05 bits per heavy atom. The van der Waals surface area contributed by atoms with Gasteiger partial charge in [0, 0.05) is 23.8 Å². The highest BCUT2D eigenvalue weighted by Gasteiger charge is 2.54. The molecule has 0 N–H and O–H groups in total. The number of carbonyl (C=O) groups excluding carboxylic acids is 2. The van der Waals surface area contributed by atoms with Crippen LogP contribution in [0.5, 0.6) is 28.7 Å². The predicted molar refractivity (Wildman–Crippen MR) is 155 cm³/mol. The zero-order chi connectivity index (χ0) is 29.6. The van der Waals surface area contributed by atoms with Crippen molar-refractivity contribution in [3.63, 3.8) is 0 Å². The van der Waals surface area contributed by atoms with Gasteiger partial charge in [-0.2, -0.15) is 0 Å². The molecule has 0 aromatic heterocycles. The molecule has 4 atom stereocenters. The molecule has 1 saturated heterocycles. The summed E-state index contributed by atoms with van der Waals surface area (Å²) in [7, 11) is 4.67. The van der Waals surface area contributed by atoms with Gasteiger partial charge in [0.15, 0.2) is 23.0 Å². The summed E-state index contributed by atoms with van der Waals surface area (Å²) in [5, 5.41) is 0. The van der Waals surface area contributed by atoms with E-state index in [1.807, 2.05) is 24.3 Å². The van der Waals surface area contributed by atoms with Gasteiger partial charge in [-0.3, -0.25) is 9.59 Å². The number of methoxy groups -OCH3 is 3. The standard InChI is InChI=1S/C33H42O9/c1-5-6-7-8-9-10-11-12-13-28(34)42-31-22-17-25-24(40-19-41-25)16-21(22)29(30-23(31)18-39-33(30)35)20-14-26(36-2)32(38-4)27(15-20)37-3/h14-17,23,29-31H,5-13,18-19H2,1-4H3/t23-,29+,30+,31-/m0/s1. The summed E-state index contributed by atoms with van der Waals surface area (Å²) in [6.07, 6.45) is 8.84. The molecule has 0 unspecified atom stereocenters. The first kappa shape index (κ1) is 29.9. The molecule has 0 amide bonds. The normalized spacial score (nSPS) is 21.8. The zero-order valence-corrected chi connectivity index (χ0v) is 25.1. The monoisotopic (exact) mass is 582 g/mol. The first-order chi connectivity index (χ1) is 20.5.